The van der Waals surface area contributed by atoms with E-state index in [1.54, 1.807) is 6.92 Å². The van der Waals surface area contributed by atoms with Gasteiger partial charge in [0.2, 0.25) is 0 Å². The number of fused-ring (bicyclic) bond motifs is 2. The van der Waals surface area contributed by atoms with Gasteiger partial charge in [-0.2, -0.15) is 0 Å². The van der Waals surface area contributed by atoms with Gasteiger partial charge in [0.15, 0.2) is 0 Å². The van der Waals surface area contributed by atoms with Crippen LogP contribution in [0.2, 0.25) is 0 Å². The standard InChI is InChI=1S/C26H43NO3.C24H41NO2.C2H4O2/c1-18-7-8-22-24(30-19(2)28)23(10-13-25(18,22)3)26(4)12-9-21(29)17-20(26)11-16-27-14-5-6-15-27;1-17-6-7-20-22(27)21(9-12-23(17,20)2)24(3)11-8-19(26)16-18(24)10-15-25-13-4-5-14-25;1-2(3)4/h20-24,29H,1,5-17H2,2-4H3;18-22,26-27H,1,4-16H2,2-3H3;1H3,(H,3,4)/t20-,21-,22-,23-,24-,25+,26-;18-,19-,20-,21-,22-,23+,24-;/m00./s1. The monoisotopic (exact) mass is 853 g/mol. The lowest BCUT2D eigenvalue weighted by atomic mass is 9.51. The van der Waals surface area contributed by atoms with E-state index in [2.05, 4.69) is 50.7 Å². The van der Waals surface area contributed by atoms with Crippen molar-refractivity contribution in [2.75, 3.05) is 39.3 Å². The summed E-state index contributed by atoms with van der Waals surface area (Å²) >= 11 is 0. The fourth-order valence-electron chi connectivity index (χ4n) is 15.1. The number of carbonyl (C=O) groups is 2. The van der Waals surface area contributed by atoms with Crippen LogP contribution in [0.15, 0.2) is 24.3 Å². The van der Waals surface area contributed by atoms with Crippen LogP contribution < -0.4 is 0 Å². The number of nitrogens with zero attached hydrogens (tertiary/aromatic N) is 2. The second-order valence-corrected chi connectivity index (χ2v) is 22.6. The van der Waals surface area contributed by atoms with Gasteiger partial charge in [-0.1, -0.05) is 52.0 Å². The van der Waals surface area contributed by atoms with Crippen LogP contribution in [-0.2, 0) is 14.3 Å². The molecule has 0 unspecified atom stereocenters. The summed E-state index contributed by atoms with van der Waals surface area (Å²) in [7, 11) is 0. The van der Waals surface area contributed by atoms with Crippen molar-refractivity contribution in [3.05, 3.63) is 24.3 Å². The second-order valence-electron chi connectivity index (χ2n) is 22.6. The van der Waals surface area contributed by atoms with Crippen LogP contribution in [-0.4, -0.2) is 106 Å². The summed E-state index contributed by atoms with van der Waals surface area (Å²) in [5.74, 6) is 1.63. The number of esters is 1. The molecule has 0 aromatic rings. The highest BCUT2D eigenvalue weighted by Crippen LogP contribution is 2.63. The molecular weight excluding hydrogens is 765 g/mol. The fraction of sp³-hybridized carbons (Fsp3) is 0.885. The predicted molar refractivity (Wildman–Crippen MR) is 244 cm³/mol. The molecule has 0 bridgehead atoms. The Kier molecular flexibility index (Phi) is 16.1. The summed E-state index contributed by atoms with van der Waals surface area (Å²) in [6.45, 7) is 28.3. The molecule has 2 heterocycles. The quantitative estimate of drug-likeness (QED) is 0.132. The smallest absolute Gasteiger partial charge is 0.302 e. The van der Waals surface area contributed by atoms with Crippen LogP contribution in [0.3, 0.4) is 0 Å². The maximum Gasteiger partial charge on any atom is 0.302 e. The molecule has 0 spiro atoms. The molecule has 0 aromatic heterocycles. The number of aliphatic hydroxyl groups excluding tert-OH is 3. The van der Waals surface area contributed by atoms with Crippen LogP contribution in [0.5, 0.6) is 0 Å². The molecule has 8 rings (SSSR count). The molecule has 61 heavy (non-hydrogen) atoms. The van der Waals surface area contributed by atoms with Crippen LogP contribution >= 0.6 is 0 Å². The number of hydrogen-bond acceptors (Lipinski definition) is 8. The van der Waals surface area contributed by atoms with Gasteiger partial charge in [-0.25, -0.2) is 0 Å². The zero-order valence-corrected chi connectivity index (χ0v) is 39.5. The van der Waals surface area contributed by atoms with E-state index in [4.69, 9.17) is 14.6 Å². The van der Waals surface area contributed by atoms with E-state index in [9.17, 15) is 20.1 Å². The molecule has 0 amide bonds. The van der Waals surface area contributed by atoms with Crippen molar-refractivity contribution >= 4 is 11.9 Å². The lowest BCUT2D eigenvalue weighted by Gasteiger charge is -2.56. The topological polar surface area (TPSA) is 131 Å². The first-order valence-electron chi connectivity index (χ1n) is 25.0. The Bertz CT molecular complexity index is 1520. The maximum atomic E-state index is 12.2. The van der Waals surface area contributed by atoms with Crippen molar-refractivity contribution in [1.29, 1.82) is 0 Å². The van der Waals surface area contributed by atoms with Crippen molar-refractivity contribution in [3.8, 4) is 0 Å². The number of carboxylic acid groups (broad SMARTS) is 1. The molecule has 8 aliphatic rings. The fourth-order valence-corrected chi connectivity index (χ4v) is 15.1. The van der Waals surface area contributed by atoms with Crippen molar-refractivity contribution in [2.45, 2.75) is 194 Å². The number of aliphatic hydroxyl groups is 3. The molecule has 348 valence electrons. The second kappa shape index (κ2) is 20.2. The Morgan fingerprint density at radius 1 is 0.623 bits per heavy atom. The Hall–Kier alpha value is -1.78. The molecule has 14 atom stereocenters. The van der Waals surface area contributed by atoms with E-state index < -0.39 is 5.97 Å². The van der Waals surface area contributed by atoms with Crippen LogP contribution in [0.25, 0.3) is 0 Å². The number of allylic oxidation sites excluding steroid dienone is 2. The van der Waals surface area contributed by atoms with Gasteiger partial charge in [-0.15, -0.1) is 0 Å². The van der Waals surface area contributed by atoms with E-state index in [1.807, 2.05) is 0 Å². The highest BCUT2D eigenvalue weighted by Gasteiger charge is 2.59. The van der Waals surface area contributed by atoms with Gasteiger partial charge in [0.05, 0.1) is 18.3 Å². The molecule has 9 heteroatoms. The zero-order chi connectivity index (χ0) is 44.3. The lowest BCUT2D eigenvalue weighted by molar-refractivity contribution is -0.173. The molecule has 6 aliphatic carbocycles. The minimum Gasteiger partial charge on any atom is -0.481 e. The Morgan fingerprint density at radius 3 is 1.49 bits per heavy atom. The van der Waals surface area contributed by atoms with E-state index in [0.29, 0.717) is 35.5 Å². The number of likely N-dealkylation sites (tertiary alicyclic amines) is 2. The average molecular weight is 853 g/mol. The predicted octanol–water partition coefficient (Wildman–Crippen LogP) is 9.43. The first-order chi connectivity index (χ1) is 28.8. The molecule has 2 saturated heterocycles. The Balaban J connectivity index is 0.000000189. The first kappa shape index (κ1) is 48.7. The molecule has 0 radical (unpaired) electrons. The van der Waals surface area contributed by atoms with E-state index >= 15 is 0 Å². The number of carbonyl (C=O) groups excluding carboxylic acids is 1. The summed E-state index contributed by atoms with van der Waals surface area (Å²) < 4.78 is 6.15. The van der Waals surface area contributed by atoms with Gasteiger partial charge in [-0.05, 0) is 213 Å². The molecule has 0 aromatic carbocycles. The van der Waals surface area contributed by atoms with Gasteiger partial charge in [0.1, 0.15) is 6.10 Å². The molecular formula is C52H88N2O7. The van der Waals surface area contributed by atoms with Crippen molar-refractivity contribution in [3.63, 3.8) is 0 Å². The van der Waals surface area contributed by atoms with Crippen LogP contribution in [0.4, 0.5) is 0 Å². The number of rotatable bonds is 9. The number of aliphatic carboxylic acids is 1. The molecule has 9 nitrogen and oxygen atoms in total. The summed E-state index contributed by atoms with van der Waals surface area (Å²) in [5.41, 5.74) is 3.31. The van der Waals surface area contributed by atoms with Gasteiger partial charge in [-0.3, -0.25) is 9.59 Å². The Morgan fingerprint density at radius 2 is 1.03 bits per heavy atom. The van der Waals surface area contributed by atoms with Gasteiger partial charge in [0.25, 0.3) is 5.97 Å². The third-order valence-electron chi connectivity index (χ3n) is 19.3. The van der Waals surface area contributed by atoms with Crippen molar-refractivity contribution in [2.24, 2.45) is 57.2 Å². The number of carboxylic acids is 1. The zero-order valence-electron chi connectivity index (χ0n) is 39.5. The third-order valence-corrected chi connectivity index (χ3v) is 19.3. The lowest BCUT2D eigenvalue weighted by Crippen LogP contribution is -2.54. The highest BCUT2D eigenvalue weighted by atomic mass is 16.5. The van der Waals surface area contributed by atoms with E-state index in [1.165, 1.54) is 82.4 Å². The summed E-state index contributed by atoms with van der Waals surface area (Å²) in [6, 6.07) is 0. The number of ether oxygens (including phenoxy) is 1. The summed E-state index contributed by atoms with van der Waals surface area (Å²) in [5, 5.41) is 39.8. The largest absolute Gasteiger partial charge is 0.481 e. The average Bonchev–Trinajstić information content (AvgIpc) is 4.02. The first-order valence-corrected chi connectivity index (χ1v) is 25.0. The van der Waals surface area contributed by atoms with Crippen molar-refractivity contribution in [1.82, 2.24) is 9.80 Å². The Labute approximate surface area is 370 Å². The minimum absolute atomic E-state index is 0.00460. The van der Waals surface area contributed by atoms with Gasteiger partial charge < -0.3 is 35.0 Å². The minimum atomic E-state index is -0.833. The van der Waals surface area contributed by atoms with Gasteiger partial charge >= 0.3 is 5.97 Å². The molecule has 6 saturated carbocycles. The normalized spacial score (nSPS) is 44.0. The highest BCUT2D eigenvalue weighted by molar-refractivity contribution is 5.66. The summed E-state index contributed by atoms with van der Waals surface area (Å²) in [4.78, 5) is 26.4. The van der Waals surface area contributed by atoms with Crippen molar-refractivity contribution < 1.29 is 34.8 Å². The molecule has 2 aliphatic heterocycles. The molecule has 8 fully saturated rings. The number of hydrogen-bond donors (Lipinski definition) is 4. The summed E-state index contributed by atoms with van der Waals surface area (Å²) in [6.07, 6.45) is 21.9. The SMILES string of the molecule is C=C1CC[C@H]2[C@H](O)[C@@H]([C@@]3(C)CC[C@H](O)C[C@@H]3CCN3CCCC3)CC[C@]12C.C=C1CC[C@H]2[C@H](OC(C)=O)[C@@H]([C@@]3(C)CC[C@H](O)C[C@@H]3CCN3CCCC3)CC[C@]12C.CC(=O)O. The third kappa shape index (κ3) is 10.5. The van der Waals surface area contributed by atoms with E-state index in [-0.39, 0.29) is 52.0 Å². The van der Waals surface area contributed by atoms with Gasteiger partial charge in [0, 0.05) is 25.7 Å². The molecule has 4 N–H and O–H groups in total. The van der Waals surface area contributed by atoms with E-state index in [0.717, 1.165) is 103 Å². The van der Waals surface area contributed by atoms with Crippen LogP contribution in [0, 0.1) is 57.2 Å². The van der Waals surface area contributed by atoms with Crippen LogP contribution in [0.1, 0.15) is 170 Å². The maximum absolute atomic E-state index is 12.2.